The number of hydrogen-bond donors (Lipinski definition) is 3. The summed E-state index contributed by atoms with van der Waals surface area (Å²) in [4.78, 5) is 0. The van der Waals surface area contributed by atoms with Gasteiger partial charge in [-0.05, 0) is 24.5 Å². The first-order valence-corrected chi connectivity index (χ1v) is 6.75. The highest BCUT2D eigenvalue weighted by molar-refractivity contribution is 5.31. The van der Waals surface area contributed by atoms with Crippen molar-refractivity contribution in [2.75, 3.05) is 19.8 Å². The van der Waals surface area contributed by atoms with E-state index in [1.807, 2.05) is 45.0 Å². The summed E-state index contributed by atoms with van der Waals surface area (Å²) in [7, 11) is 0. The van der Waals surface area contributed by atoms with Crippen molar-refractivity contribution in [3.63, 3.8) is 0 Å². The monoisotopic (exact) mass is 267 g/mol. The first-order valence-electron chi connectivity index (χ1n) is 6.75. The highest BCUT2D eigenvalue weighted by atomic mass is 16.5. The Morgan fingerprint density at radius 3 is 2.53 bits per heavy atom. The molecule has 0 fully saturated rings. The van der Waals surface area contributed by atoms with Crippen LogP contribution in [-0.4, -0.2) is 42.1 Å². The molecule has 4 heteroatoms. The van der Waals surface area contributed by atoms with E-state index in [1.165, 1.54) is 0 Å². The summed E-state index contributed by atoms with van der Waals surface area (Å²) >= 11 is 0. The molecule has 0 aliphatic heterocycles. The maximum absolute atomic E-state index is 9.86. The number of aliphatic hydroxyl groups is 2. The van der Waals surface area contributed by atoms with Crippen molar-refractivity contribution < 1.29 is 14.9 Å². The van der Waals surface area contributed by atoms with Crippen LogP contribution in [0.3, 0.4) is 0 Å². The first kappa shape index (κ1) is 16.0. The van der Waals surface area contributed by atoms with Gasteiger partial charge in [-0.25, -0.2) is 0 Å². The van der Waals surface area contributed by atoms with Crippen molar-refractivity contribution in [3.05, 3.63) is 29.8 Å². The van der Waals surface area contributed by atoms with Crippen molar-refractivity contribution in [1.82, 2.24) is 5.32 Å². The van der Waals surface area contributed by atoms with E-state index in [-0.39, 0.29) is 19.3 Å². The van der Waals surface area contributed by atoms with Crippen LogP contribution >= 0.6 is 0 Å². The molecule has 0 aromatic heterocycles. The molecule has 0 heterocycles. The lowest BCUT2D eigenvalue weighted by Gasteiger charge is -2.22. The van der Waals surface area contributed by atoms with Crippen LogP contribution < -0.4 is 10.1 Å². The fourth-order valence-electron chi connectivity index (χ4n) is 1.76. The Kier molecular flexibility index (Phi) is 6.84. The number of nitrogens with one attached hydrogen (secondary N) is 1. The minimum absolute atomic E-state index is 0.00751. The lowest BCUT2D eigenvalue weighted by atomic mass is 10.1. The van der Waals surface area contributed by atoms with E-state index in [2.05, 4.69) is 5.32 Å². The fourth-order valence-corrected chi connectivity index (χ4v) is 1.76. The van der Waals surface area contributed by atoms with Crippen LogP contribution in [0, 0.1) is 12.8 Å². The molecule has 2 atom stereocenters. The molecule has 3 N–H and O–H groups in total. The van der Waals surface area contributed by atoms with E-state index >= 15 is 0 Å². The van der Waals surface area contributed by atoms with Crippen molar-refractivity contribution >= 4 is 0 Å². The largest absolute Gasteiger partial charge is 0.491 e. The number of aryl methyl sites for hydroxylation is 1. The van der Waals surface area contributed by atoms with Crippen LogP contribution in [0.4, 0.5) is 0 Å². The molecule has 0 spiro atoms. The Balaban J connectivity index is 2.32. The minimum Gasteiger partial charge on any atom is -0.491 e. The summed E-state index contributed by atoms with van der Waals surface area (Å²) in [6.45, 7) is 6.77. The molecule has 1 aromatic rings. The van der Waals surface area contributed by atoms with Gasteiger partial charge in [0.15, 0.2) is 0 Å². The predicted molar refractivity (Wildman–Crippen MR) is 76.4 cm³/mol. The number of para-hydroxylation sites is 1. The molecule has 0 bridgehead atoms. The van der Waals surface area contributed by atoms with Crippen molar-refractivity contribution in [3.8, 4) is 5.75 Å². The van der Waals surface area contributed by atoms with Gasteiger partial charge in [0.25, 0.3) is 0 Å². The molecule has 4 nitrogen and oxygen atoms in total. The average Bonchev–Trinajstić information content (AvgIpc) is 2.38. The van der Waals surface area contributed by atoms with Gasteiger partial charge in [-0.3, -0.25) is 0 Å². The molecular weight excluding hydrogens is 242 g/mol. The summed E-state index contributed by atoms with van der Waals surface area (Å²) in [6, 6.07) is 7.73. The molecule has 19 heavy (non-hydrogen) atoms. The average molecular weight is 267 g/mol. The summed E-state index contributed by atoms with van der Waals surface area (Å²) in [6.07, 6.45) is -0.590. The van der Waals surface area contributed by atoms with E-state index < -0.39 is 6.10 Å². The standard InChI is InChI=1S/C15H25NO3/c1-11(2)14(9-17)16-8-13(18)10-19-15-7-5-4-6-12(15)3/h4-7,11,13-14,16-18H,8-10H2,1-3H3/t13?,14-/m1/s1. The van der Waals surface area contributed by atoms with Gasteiger partial charge in [-0.1, -0.05) is 32.0 Å². The second-order valence-corrected chi connectivity index (χ2v) is 5.17. The topological polar surface area (TPSA) is 61.7 Å². The van der Waals surface area contributed by atoms with Crippen LogP contribution in [0.5, 0.6) is 5.75 Å². The maximum Gasteiger partial charge on any atom is 0.122 e. The SMILES string of the molecule is Cc1ccccc1OCC(O)CN[C@H](CO)C(C)C. The van der Waals surface area contributed by atoms with Gasteiger partial charge in [0, 0.05) is 12.6 Å². The third kappa shape index (κ3) is 5.59. The Morgan fingerprint density at radius 1 is 1.26 bits per heavy atom. The lowest BCUT2D eigenvalue weighted by molar-refractivity contribution is 0.0959. The molecule has 1 aromatic carbocycles. The summed E-state index contributed by atoms with van der Waals surface area (Å²) in [5.74, 6) is 1.12. The van der Waals surface area contributed by atoms with E-state index in [0.717, 1.165) is 11.3 Å². The number of rotatable bonds is 8. The van der Waals surface area contributed by atoms with Gasteiger partial charge in [-0.15, -0.1) is 0 Å². The fraction of sp³-hybridized carbons (Fsp3) is 0.600. The molecule has 0 aliphatic carbocycles. The van der Waals surface area contributed by atoms with Crippen LogP contribution in [0.1, 0.15) is 19.4 Å². The molecule has 0 amide bonds. The van der Waals surface area contributed by atoms with Gasteiger partial charge < -0.3 is 20.3 Å². The molecular formula is C15H25NO3. The van der Waals surface area contributed by atoms with Crippen LogP contribution in [-0.2, 0) is 0 Å². The Morgan fingerprint density at radius 2 is 1.95 bits per heavy atom. The third-order valence-electron chi connectivity index (χ3n) is 3.14. The van der Waals surface area contributed by atoms with Gasteiger partial charge in [0.05, 0.1) is 6.61 Å². The zero-order valence-electron chi connectivity index (χ0n) is 12.0. The third-order valence-corrected chi connectivity index (χ3v) is 3.14. The summed E-state index contributed by atoms with van der Waals surface area (Å²) in [5.41, 5.74) is 1.05. The lowest BCUT2D eigenvalue weighted by Crippen LogP contribution is -2.42. The quantitative estimate of drug-likeness (QED) is 0.665. The molecule has 0 saturated heterocycles. The van der Waals surface area contributed by atoms with Gasteiger partial charge in [-0.2, -0.15) is 0 Å². The van der Waals surface area contributed by atoms with E-state index in [0.29, 0.717) is 12.5 Å². The Labute approximate surface area is 115 Å². The van der Waals surface area contributed by atoms with E-state index in [1.54, 1.807) is 0 Å². The molecule has 0 aliphatic rings. The van der Waals surface area contributed by atoms with E-state index in [9.17, 15) is 10.2 Å². The highest BCUT2D eigenvalue weighted by Gasteiger charge is 2.14. The van der Waals surface area contributed by atoms with Gasteiger partial charge in [0.2, 0.25) is 0 Å². The second-order valence-electron chi connectivity index (χ2n) is 5.17. The first-order chi connectivity index (χ1) is 9.04. The van der Waals surface area contributed by atoms with Crippen molar-refractivity contribution in [1.29, 1.82) is 0 Å². The Hall–Kier alpha value is -1.10. The zero-order chi connectivity index (χ0) is 14.3. The Bertz CT molecular complexity index is 368. The molecule has 1 unspecified atom stereocenters. The normalized spacial score (nSPS) is 14.4. The zero-order valence-corrected chi connectivity index (χ0v) is 12.0. The maximum atomic E-state index is 9.86. The van der Waals surface area contributed by atoms with Gasteiger partial charge >= 0.3 is 0 Å². The minimum atomic E-state index is -0.590. The number of hydrogen-bond acceptors (Lipinski definition) is 4. The molecule has 108 valence electrons. The summed E-state index contributed by atoms with van der Waals surface area (Å²) < 4.78 is 5.57. The highest BCUT2D eigenvalue weighted by Crippen LogP contribution is 2.16. The molecule has 1 rings (SSSR count). The summed E-state index contributed by atoms with van der Waals surface area (Å²) in [5, 5.41) is 22.2. The van der Waals surface area contributed by atoms with E-state index in [4.69, 9.17) is 4.74 Å². The molecule has 0 saturated carbocycles. The second kappa shape index (κ2) is 8.15. The number of aliphatic hydroxyl groups excluding tert-OH is 2. The van der Waals surface area contributed by atoms with Crippen LogP contribution in [0.15, 0.2) is 24.3 Å². The van der Waals surface area contributed by atoms with Crippen LogP contribution in [0.2, 0.25) is 0 Å². The molecule has 0 radical (unpaired) electrons. The smallest absolute Gasteiger partial charge is 0.122 e. The van der Waals surface area contributed by atoms with Gasteiger partial charge in [0.1, 0.15) is 18.5 Å². The van der Waals surface area contributed by atoms with Crippen LogP contribution in [0.25, 0.3) is 0 Å². The van der Waals surface area contributed by atoms with Crippen molar-refractivity contribution in [2.24, 2.45) is 5.92 Å². The van der Waals surface area contributed by atoms with Crippen molar-refractivity contribution in [2.45, 2.75) is 32.9 Å². The predicted octanol–water partition coefficient (Wildman–Crippen LogP) is 1.34. The number of ether oxygens (including phenoxy) is 1. The number of benzene rings is 1.